The fraction of sp³-hybridized carbons (Fsp3) is 0.0333. The van der Waals surface area contributed by atoms with Gasteiger partial charge in [0.25, 0.3) is 0 Å². The summed E-state index contributed by atoms with van der Waals surface area (Å²) in [6.45, 7) is -0.173. The normalized spacial score (nSPS) is 11.0. The molecule has 0 amide bonds. The van der Waals surface area contributed by atoms with Crippen LogP contribution in [0.4, 0.5) is 5.69 Å². The van der Waals surface area contributed by atoms with Crippen molar-refractivity contribution in [2.24, 2.45) is 4.99 Å². The lowest BCUT2D eigenvalue weighted by Gasteiger charge is -2.06. The van der Waals surface area contributed by atoms with Crippen LogP contribution in [0.5, 0.6) is 11.5 Å². The van der Waals surface area contributed by atoms with Gasteiger partial charge in [-0.15, -0.1) is 0 Å². The number of esters is 1. The van der Waals surface area contributed by atoms with Gasteiger partial charge in [0, 0.05) is 11.8 Å². The molecule has 0 N–H and O–H groups in total. The Kier molecular flexibility index (Phi) is 7.96. The number of ether oxygens (including phenoxy) is 2. The zero-order chi connectivity index (χ0) is 24.3. The maximum absolute atomic E-state index is 12.4. The molecule has 4 aromatic carbocycles. The Hall–Kier alpha value is -4.77. The van der Waals surface area contributed by atoms with E-state index < -0.39 is 5.97 Å². The summed E-state index contributed by atoms with van der Waals surface area (Å²) in [4.78, 5) is 28.8. The summed E-state index contributed by atoms with van der Waals surface area (Å²) in [6, 6.07) is 32.9. The fourth-order valence-electron chi connectivity index (χ4n) is 3.13. The van der Waals surface area contributed by atoms with E-state index in [0.717, 1.165) is 16.8 Å². The quantitative estimate of drug-likeness (QED) is 0.0962. The van der Waals surface area contributed by atoms with E-state index in [2.05, 4.69) is 4.99 Å². The number of aliphatic imine (C=N–C) groups is 1. The van der Waals surface area contributed by atoms with Crippen molar-refractivity contribution < 1.29 is 19.1 Å². The van der Waals surface area contributed by atoms with Gasteiger partial charge < -0.3 is 9.47 Å². The molecule has 0 radical (unpaired) electrons. The Morgan fingerprint density at radius 1 is 0.686 bits per heavy atom. The maximum Gasteiger partial charge on any atom is 0.349 e. The molecular formula is C30H23NO4. The van der Waals surface area contributed by atoms with Crippen molar-refractivity contribution >= 4 is 29.7 Å². The molecule has 0 heterocycles. The lowest BCUT2D eigenvalue weighted by Crippen LogP contribution is -2.17. The molecule has 0 bridgehead atoms. The fourth-order valence-corrected chi connectivity index (χ4v) is 3.13. The van der Waals surface area contributed by atoms with Crippen LogP contribution >= 0.6 is 0 Å². The molecular weight excluding hydrogens is 438 g/mol. The first kappa shape index (κ1) is 23.4. The number of para-hydroxylation sites is 1. The van der Waals surface area contributed by atoms with E-state index >= 15 is 0 Å². The minimum atomic E-state index is -0.483. The second-order valence-corrected chi connectivity index (χ2v) is 7.56. The topological polar surface area (TPSA) is 65.0 Å². The third-order valence-corrected chi connectivity index (χ3v) is 4.95. The summed E-state index contributed by atoms with van der Waals surface area (Å²) in [5.74, 6) is 0.486. The molecule has 0 aromatic heterocycles. The van der Waals surface area contributed by atoms with Gasteiger partial charge in [-0.3, -0.25) is 9.79 Å². The highest BCUT2D eigenvalue weighted by molar-refractivity contribution is 6.07. The number of nitrogens with zero attached hydrogens (tertiary/aromatic N) is 1. The third kappa shape index (κ3) is 7.37. The summed E-state index contributed by atoms with van der Waals surface area (Å²) in [6.07, 6.45) is 5.07. The van der Waals surface area contributed by atoms with E-state index in [-0.39, 0.29) is 12.4 Å². The highest BCUT2D eigenvalue weighted by Gasteiger charge is 2.06. The van der Waals surface area contributed by atoms with Crippen molar-refractivity contribution in [3.05, 3.63) is 132 Å². The highest BCUT2D eigenvalue weighted by atomic mass is 16.6. The van der Waals surface area contributed by atoms with Crippen molar-refractivity contribution in [3.8, 4) is 11.5 Å². The lowest BCUT2D eigenvalue weighted by atomic mass is 10.1. The smallest absolute Gasteiger partial charge is 0.349 e. The van der Waals surface area contributed by atoms with Crippen LogP contribution in [-0.2, 0) is 4.79 Å². The van der Waals surface area contributed by atoms with Crippen molar-refractivity contribution in [3.63, 3.8) is 0 Å². The van der Waals surface area contributed by atoms with Crippen LogP contribution in [0.3, 0.4) is 0 Å². The van der Waals surface area contributed by atoms with E-state index in [1.807, 2.05) is 48.5 Å². The molecule has 35 heavy (non-hydrogen) atoms. The molecule has 5 heteroatoms. The minimum absolute atomic E-state index is 0.0660. The van der Waals surface area contributed by atoms with Gasteiger partial charge in [0.05, 0.1) is 5.69 Å². The number of hydrogen-bond donors (Lipinski definition) is 0. The van der Waals surface area contributed by atoms with Gasteiger partial charge in [0.1, 0.15) is 11.5 Å². The molecule has 0 saturated carbocycles. The molecule has 0 aliphatic heterocycles. The highest BCUT2D eigenvalue weighted by Crippen LogP contribution is 2.16. The van der Waals surface area contributed by atoms with E-state index in [1.54, 1.807) is 79.0 Å². The van der Waals surface area contributed by atoms with Crippen molar-refractivity contribution in [1.82, 2.24) is 0 Å². The summed E-state index contributed by atoms with van der Waals surface area (Å²) in [7, 11) is 0. The molecule has 0 aliphatic rings. The molecule has 5 nitrogen and oxygen atoms in total. The van der Waals surface area contributed by atoms with Crippen molar-refractivity contribution in [2.45, 2.75) is 0 Å². The Morgan fingerprint density at radius 3 is 2.03 bits per heavy atom. The van der Waals surface area contributed by atoms with Gasteiger partial charge in [0.2, 0.25) is 0 Å². The van der Waals surface area contributed by atoms with Gasteiger partial charge in [-0.05, 0) is 77.9 Å². The third-order valence-electron chi connectivity index (χ3n) is 4.95. The number of ketones is 1. The number of hydrogen-bond acceptors (Lipinski definition) is 5. The summed E-state index contributed by atoms with van der Waals surface area (Å²) in [5, 5.41) is 0. The average molecular weight is 462 g/mol. The zero-order valence-corrected chi connectivity index (χ0v) is 18.9. The Bertz CT molecular complexity index is 1310. The molecule has 4 aromatic rings. The van der Waals surface area contributed by atoms with Crippen LogP contribution in [0.2, 0.25) is 0 Å². The van der Waals surface area contributed by atoms with Gasteiger partial charge in [-0.2, -0.15) is 0 Å². The van der Waals surface area contributed by atoms with Crippen LogP contribution < -0.4 is 9.47 Å². The number of rotatable bonds is 9. The first-order valence-corrected chi connectivity index (χ1v) is 11.1. The molecule has 0 fully saturated rings. The SMILES string of the molecule is O=C(COc1ccccc1)Oc1ccc(C=Nc2ccc(C(=O)/C=C/c3ccccc3)cc2)cc1. The molecule has 172 valence electrons. The number of carbonyl (C=O) groups excluding carboxylic acids is 2. The number of benzene rings is 4. The first-order valence-electron chi connectivity index (χ1n) is 11.1. The second-order valence-electron chi connectivity index (χ2n) is 7.56. The monoisotopic (exact) mass is 461 g/mol. The molecule has 0 atom stereocenters. The summed E-state index contributed by atoms with van der Waals surface area (Å²) < 4.78 is 10.7. The lowest BCUT2D eigenvalue weighted by molar-refractivity contribution is -0.136. The summed E-state index contributed by atoms with van der Waals surface area (Å²) >= 11 is 0. The molecule has 4 rings (SSSR count). The van der Waals surface area contributed by atoms with Crippen LogP contribution in [0.1, 0.15) is 21.5 Å². The molecule has 0 aliphatic carbocycles. The largest absolute Gasteiger partial charge is 0.482 e. The molecule has 0 saturated heterocycles. The Morgan fingerprint density at radius 2 is 1.34 bits per heavy atom. The Balaban J connectivity index is 1.28. The number of carbonyl (C=O) groups is 2. The predicted octanol–water partition coefficient (Wildman–Crippen LogP) is 6.32. The first-order chi connectivity index (χ1) is 17.2. The van der Waals surface area contributed by atoms with Crippen molar-refractivity contribution in [2.75, 3.05) is 6.61 Å². The Labute approximate surface area is 204 Å². The maximum atomic E-state index is 12.4. The predicted molar refractivity (Wildman–Crippen MR) is 138 cm³/mol. The van der Waals surface area contributed by atoms with Crippen LogP contribution in [0.15, 0.2) is 120 Å². The standard InChI is InChI=1S/C30H23NO4/c32-29(20-13-23-7-3-1-4-8-23)25-14-16-26(17-15-25)31-21-24-11-18-28(19-12-24)35-30(33)22-34-27-9-5-2-6-10-27/h1-21H,22H2/b20-13+,31-21?. The van der Waals surface area contributed by atoms with Crippen LogP contribution in [0.25, 0.3) is 6.08 Å². The van der Waals surface area contributed by atoms with Gasteiger partial charge in [-0.1, -0.05) is 54.6 Å². The van der Waals surface area contributed by atoms with Crippen molar-refractivity contribution in [1.29, 1.82) is 0 Å². The molecule has 0 spiro atoms. The van der Waals surface area contributed by atoms with E-state index in [9.17, 15) is 9.59 Å². The van der Waals surface area contributed by atoms with E-state index in [0.29, 0.717) is 17.1 Å². The average Bonchev–Trinajstić information content (AvgIpc) is 2.91. The molecule has 0 unspecified atom stereocenters. The van der Waals surface area contributed by atoms with E-state index in [1.165, 1.54) is 0 Å². The summed E-state index contributed by atoms with van der Waals surface area (Å²) in [5.41, 5.74) is 3.14. The van der Waals surface area contributed by atoms with Crippen LogP contribution in [0, 0.1) is 0 Å². The van der Waals surface area contributed by atoms with Gasteiger partial charge >= 0.3 is 5.97 Å². The second kappa shape index (κ2) is 11.9. The zero-order valence-electron chi connectivity index (χ0n) is 18.9. The minimum Gasteiger partial charge on any atom is -0.482 e. The number of allylic oxidation sites excluding steroid dienone is 1. The van der Waals surface area contributed by atoms with Gasteiger partial charge in [-0.25, -0.2) is 4.79 Å². The van der Waals surface area contributed by atoms with Crippen LogP contribution in [-0.4, -0.2) is 24.6 Å². The van der Waals surface area contributed by atoms with E-state index in [4.69, 9.17) is 9.47 Å². The van der Waals surface area contributed by atoms with Gasteiger partial charge in [0.15, 0.2) is 12.4 Å².